The fourth-order valence-electron chi connectivity index (χ4n) is 2.11. The van der Waals surface area contributed by atoms with E-state index in [1.165, 1.54) is 11.1 Å². The van der Waals surface area contributed by atoms with E-state index >= 15 is 0 Å². The zero-order valence-corrected chi connectivity index (χ0v) is 11.3. The maximum atomic E-state index is 5.71. The molecule has 0 spiro atoms. The van der Waals surface area contributed by atoms with Gasteiger partial charge in [-0.3, -0.25) is 0 Å². The second-order valence-corrected chi connectivity index (χ2v) is 4.64. The van der Waals surface area contributed by atoms with Crippen LogP contribution in [0.25, 0.3) is 11.0 Å². The number of aromatic nitrogens is 2. The van der Waals surface area contributed by atoms with Crippen LogP contribution in [0.4, 0.5) is 0 Å². The lowest BCUT2D eigenvalue weighted by Crippen LogP contribution is -2.28. The number of imidazole rings is 1. The molecule has 1 unspecified atom stereocenters. The molecular formula is C14H21N3O. The van der Waals surface area contributed by atoms with Crippen LogP contribution in [0.15, 0.2) is 18.5 Å². The van der Waals surface area contributed by atoms with E-state index in [2.05, 4.69) is 35.5 Å². The van der Waals surface area contributed by atoms with Crippen molar-refractivity contribution in [3.63, 3.8) is 0 Å². The lowest BCUT2D eigenvalue weighted by atomic mass is 10.1. The summed E-state index contributed by atoms with van der Waals surface area (Å²) in [5, 5.41) is 0. The molecule has 2 N–H and O–H groups in total. The molecule has 0 aliphatic carbocycles. The monoisotopic (exact) mass is 247 g/mol. The zero-order chi connectivity index (χ0) is 13.1. The Balaban J connectivity index is 2.31. The van der Waals surface area contributed by atoms with Gasteiger partial charge in [0.25, 0.3) is 0 Å². The Labute approximate surface area is 108 Å². The van der Waals surface area contributed by atoms with Crippen molar-refractivity contribution in [1.29, 1.82) is 0 Å². The summed E-state index contributed by atoms with van der Waals surface area (Å²) in [7, 11) is 0. The van der Waals surface area contributed by atoms with Gasteiger partial charge in [-0.25, -0.2) is 4.98 Å². The molecule has 0 saturated heterocycles. The smallest absolute Gasteiger partial charge is 0.0959 e. The van der Waals surface area contributed by atoms with Gasteiger partial charge >= 0.3 is 0 Å². The summed E-state index contributed by atoms with van der Waals surface area (Å²) in [6.45, 7) is 8.18. The average molecular weight is 247 g/mol. The molecule has 0 saturated carbocycles. The van der Waals surface area contributed by atoms with Crippen molar-refractivity contribution in [2.24, 2.45) is 5.73 Å². The minimum Gasteiger partial charge on any atom is -0.375 e. The fraction of sp³-hybridized carbons (Fsp3) is 0.500. The van der Waals surface area contributed by atoms with Crippen LogP contribution in [0, 0.1) is 13.8 Å². The molecule has 0 radical (unpaired) electrons. The molecule has 4 heteroatoms. The molecule has 1 atom stereocenters. The minimum absolute atomic E-state index is 0.0500. The van der Waals surface area contributed by atoms with E-state index in [0.29, 0.717) is 13.2 Å². The summed E-state index contributed by atoms with van der Waals surface area (Å²) in [6.07, 6.45) is 1.92. The highest BCUT2D eigenvalue weighted by Crippen LogP contribution is 2.18. The number of nitrogens with zero attached hydrogens (tertiary/aromatic N) is 2. The van der Waals surface area contributed by atoms with Crippen molar-refractivity contribution in [2.75, 3.05) is 13.2 Å². The highest BCUT2D eigenvalue weighted by atomic mass is 16.5. The quantitative estimate of drug-likeness (QED) is 0.879. The molecule has 18 heavy (non-hydrogen) atoms. The number of nitrogens with two attached hydrogens (primary N) is 1. The first-order valence-electron chi connectivity index (χ1n) is 6.39. The molecule has 1 heterocycles. The van der Waals surface area contributed by atoms with Crippen molar-refractivity contribution in [3.8, 4) is 0 Å². The average Bonchev–Trinajstić information content (AvgIpc) is 2.72. The second-order valence-electron chi connectivity index (χ2n) is 4.64. The number of fused-ring (bicyclic) bond motifs is 1. The summed E-state index contributed by atoms with van der Waals surface area (Å²) >= 11 is 0. The molecule has 1 aromatic carbocycles. The second kappa shape index (κ2) is 5.50. The van der Waals surface area contributed by atoms with Crippen LogP contribution >= 0.6 is 0 Å². The highest BCUT2D eigenvalue weighted by molar-refractivity contribution is 5.77. The van der Waals surface area contributed by atoms with Crippen molar-refractivity contribution in [1.82, 2.24) is 9.55 Å². The standard InChI is InChI=1S/C14H21N3O/c1-4-18-12(7-15)8-17-9-16-13-5-10(2)11(3)6-14(13)17/h5-6,9,12H,4,7-8,15H2,1-3H3. The van der Waals surface area contributed by atoms with Gasteiger partial charge in [-0.05, 0) is 44.0 Å². The van der Waals surface area contributed by atoms with E-state index in [1.54, 1.807) is 0 Å². The van der Waals surface area contributed by atoms with Crippen LogP contribution in [0.1, 0.15) is 18.1 Å². The maximum Gasteiger partial charge on any atom is 0.0959 e. The summed E-state index contributed by atoms with van der Waals surface area (Å²) in [5.41, 5.74) is 10.5. The van der Waals surface area contributed by atoms with Crippen LogP contribution in [0.3, 0.4) is 0 Å². The number of rotatable bonds is 5. The molecule has 98 valence electrons. The fourth-order valence-corrected chi connectivity index (χ4v) is 2.11. The van der Waals surface area contributed by atoms with E-state index in [1.807, 2.05) is 13.3 Å². The lowest BCUT2D eigenvalue weighted by molar-refractivity contribution is 0.0575. The third-order valence-corrected chi connectivity index (χ3v) is 3.30. The van der Waals surface area contributed by atoms with Gasteiger partial charge in [0, 0.05) is 13.2 Å². The molecule has 2 aromatic rings. The third kappa shape index (κ3) is 2.54. The van der Waals surface area contributed by atoms with Crippen LogP contribution in [0.2, 0.25) is 0 Å². The Morgan fingerprint density at radius 3 is 2.72 bits per heavy atom. The van der Waals surface area contributed by atoms with Gasteiger partial charge in [0.1, 0.15) is 0 Å². The van der Waals surface area contributed by atoms with Crippen molar-refractivity contribution in [3.05, 3.63) is 29.6 Å². The molecule has 0 aliphatic heterocycles. The van der Waals surface area contributed by atoms with Crippen molar-refractivity contribution in [2.45, 2.75) is 33.4 Å². The molecular weight excluding hydrogens is 226 g/mol. The van der Waals surface area contributed by atoms with Gasteiger partial charge in [0.05, 0.1) is 30.0 Å². The van der Waals surface area contributed by atoms with Gasteiger partial charge in [-0.15, -0.1) is 0 Å². The SMILES string of the molecule is CCOC(CN)Cn1cnc2cc(C)c(C)cc21. The minimum atomic E-state index is 0.0500. The molecule has 0 aliphatic rings. The number of hydrogen-bond acceptors (Lipinski definition) is 3. The lowest BCUT2D eigenvalue weighted by Gasteiger charge is -2.16. The largest absolute Gasteiger partial charge is 0.375 e. The Morgan fingerprint density at radius 2 is 2.06 bits per heavy atom. The zero-order valence-electron chi connectivity index (χ0n) is 11.3. The normalized spacial score (nSPS) is 13.1. The molecule has 0 bridgehead atoms. The van der Waals surface area contributed by atoms with E-state index in [9.17, 15) is 0 Å². The summed E-state index contributed by atoms with van der Waals surface area (Å²) in [5.74, 6) is 0. The van der Waals surface area contributed by atoms with E-state index < -0.39 is 0 Å². The van der Waals surface area contributed by atoms with Crippen LogP contribution in [-0.2, 0) is 11.3 Å². The number of aryl methyl sites for hydroxylation is 2. The van der Waals surface area contributed by atoms with Crippen LogP contribution < -0.4 is 5.73 Å². The molecule has 0 fully saturated rings. The Kier molecular flexibility index (Phi) is 3.99. The summed E-state index contributed by atoms with van der Waals surface area (Å²) < 4.78 is 7.71. The Hall–Kier alpha value is -1.39. The first-order chi connectivity index (χ1) is 8.65. The molecule has 0 amide bonds. The van der Waals surface area contributed by atoms with Gasteiger partial charge in [0.2, 0.25) is 0 Å². The van der Waals surface area contributed by atoms with Gasteiger partial charge < -0.3 is 15.0 Å². The Morgan fingerprint density at radius 1 is 1.33 bits per heavy atom. The van der Waals surface area contributed by atoms with E-state index in [4.69, 9.17) is 10.5 Å². The Bertz CT molecular complexity index is 533. The number of ether oxygens (including phenoxy) is 1. The molecule has 4 nitrogen and oxygen atoms in total. The molecule has 2 rings (SSSR count). The number of benzene rings is 1. The van der Waals surface area contributed by atoms with Crippen molar-refractivity contribution >= 4 is 11.0 Å². The van der Waals surface area contributed by atoms with E-state index in [-0.39, 0.29) is 6.10 Å². The first kappa shape index (κ1) is 13.1. The highest BCUT2D eigenvalue weighted by Gasteiger charge is 2.10. The maximum absolute atomic E-state index is 5.71. The molecule has 1 aromatic heterocycles. The topological polar surface area (TPSA) is 53.1 Å². The summed E-state index contributed by atoms with van der Waals surface area (Å²) in [6, 6.07) is 4.30. The van der Waals surface area contributed by atoms with Gasteiger partial charge in [0.15, 0.2) is 0 Å². The summed E-state index contributed by atoms with van der Waals surface area (Å²) in [4.78, 5) is 4.43. The van der Waals surface area contributed by atoms with Crippen LogP contribution in [0.5, 0.6) is 0 Å². The predicted octanol–water partition coefficient (Wildman–Crippen LogP) is 2.02. The first-order valence-corrected chi connectivity index (χ1v) is 6.39. The predicted molar refractivity (Wildman–Crippen MR) is 73.7 cm³/mol. The third-order valence-electron chi connectivity index (χ3n) is 3.30. The van der Waals surface area contributed by atoms with Crippen molar-refractivity contribution < 1.29 is 4.74 Å². The number of hydrogen-bond donors (Lipinski definition) is 1. The van der Waals surface area contributed by atoms with Gasteiger partial charge in [-0.2, -0.15) is 0 Å². The van der Waals surface area contributed by atoms with Crippen LogP contribution in [-0.4, -0.2) is 28.8 Å². The van der Waals surface area contributed by atoms with Gasteiger partial charge in [-0.1, -0.05) is 0 Å². The van der Waals surface area contributed by atoms with E-state index in [0.717, 1.165) is 17.6 Å².